The molecule has 3 heteroatoms. The Labute approximate surface area is 241 Å². The lowest BCUT2D eigenvalue weighted by Gasteiger charge is -2.11. The maximum atomic E-state index is 9.26. The van der Waals surface area contributed by atoms with Gasteiger partial charge in [-0.1, -0.05) is 103 Å². The largest absolute Gasteiger partial charge is 0.550 e. The van der Waals surface area contributed by atoms with Crippen molar-refractivity contribution in [2.45, 2.75) is 126 Å². The van der Waals surface area contributed by atoms with Crippen molar-refractivity contribution in [1.82, 2.24) is 0 Å². The number of aliphatic carboxylic acids is 1. The first-order chi connectivity index (χ1) is 19.0. The lowest BCUT2D eigenvalue weighted by Crippen LogP contribution is -2.19. The number of carbonyl (C=O) groups is 1. The first kappa shape index (κ1) is 32.7. The van der Waals surface area contributed by atoms with E-state index in [1.807, 2.05) is 0 Å². The van der Waals surface area contributed by atoms with Gasteiger partial charge in [0.15, 0.2) is 14.7 Å². The molecule has 3 aromatic carbocycles. The van der Waals surface area contributed by atoms with Gasteiger partial charge in [-0.2, -0.15) is 0 Å². The number of hydrogen-bond acceptors (Lipinski definition) is 2. The lowest BCUT2D eigenvalue weighted by atomic mass is 10.1. The molecular formula is C36H50O2S. The summed E-state index contributed by atoms with van der Waals surface area (Å²) in [5, 5.41) is 9.26. The van der Waals surface area contributed by atoms with Crippen molar-refractivity contribution in [2.75, 3.05) is 0 Å². The minimum Gasteiger partial charge on any atom is -0.550 e. The van der Waals surface area contributed by atoms with E-state index in [0.29, 0.717) is 0 Å². The van der Waals surface area contributed by atoms with E-state index in [9.17, 15) is 9.90 Å². The zero-order chi connectivity index (χ0) is 28.3. The molecular weight excluding hydrogens is 496 g/mol. The fraction of sp³-hybridized carbons (Fsp3) is 0.472. The Kier molecular flexibility index (Phi) is 16.4. The van der Waals surface area contributed by atoms with Gasteiger partial charge in [-0.05, 0) is 98.0 Å². The Bertz CT molecular complexity index is 912. The zero-order valence-corrected chi connectivity index (χ0v) is 25.7. The molecule has 0 aromatic heterocycles. The van der Waals surface area contributed by atoms with Crippen LogP contribution in [0.2, 0.25) is 0 Å². The summed E-state index contributed by atoms with van der Waals surface area (Å²) in [6, 6.07) is 28.5. The van der Waals surface area contributed by atoms with Gasteiger partial charge in [0.25, 0.3) is 0 Å². The molecule has 2 nitrogen and oxygen atoms in total. The van der Waals surface area contributed by atoms with Crippen LogP contribution in [0.4, 0.5) is 0 Å². The molecule has 0 saturated carbocycles. The summed E-state index contributed by atoms with van der Waals surface area (Å²) in [5.74, 6) is -0.995. The third kappa shape index (κ3) is 12.5. The summed E-state index contributed by atoms with van der Waals surface area (Å²) in [5.41, 5.74) is 4.41. The van der Waals surface area contributed by atoms with Gasteiger partial charge in [0.2, 0.25) is 0 Å². The Morgan fingerprint density at radius 2 is 0.769 bits per heavy atom. The summed E-state index contributed by atoms with van der Waals surface area (Å²) >= 11 is 0. The highest BCUT2D eigenvalue weighted by molar-refractivity contribution is 7.97. The number of rotatable bonds is 16. The molecule has 0 N–H and O–H groups in total. The number of benzene rings is 3. The number of carboxylic acids is 1. The van der Waals surface area contributed by atoms with Gasteiger partial charge in [0.05, 0.1) is 10.9 Å². The summed E-state index contributed by atoms with van der Waals surface area (Å²) in [4.78, 5) is 13.5. The van der Waals surface area contributed by atoms with Crippen molar-refractivity contribution >= 4 is 16.9 Å². The molecule has 39 heavy (non-hydrogen) atoms. The molecule has 212 valence electrons. The Hall–Kier alpha value is -2.52. The van der Waals surface area contributed by atoms with Gasteiger partial charge in [0, 0.05) is 5.97 Å². The normalized spacial score (nSPS) is 10.8. The van der Waals surface area contributed by atoms with E-state index in [2.05, 4.69) is 93.6 Å². The average molecular weight is 547 g/mol. The van der Waals surface area contributed by atoms with E-state index >= 15 is 0 Å². The second kappa shape index (κ2) is 19.5. The monoisotopic (exact) mass is 546 g/mol. The van der Waals surface area contributed by atoms with E-state index < -0.39 is 5.97 Å². The highest BCUT2D eigenvalue weighted by atomic mass is 32.2. The molecule has 0 aliphatic heterocycles. The molecule has 0 spiro atoms. The van der Waals surface area contributed by atoms with Crippen molar-refractivity contribution in [3.63, 3.8) is 0 Å². The van der Waals surface area contributed by atoms with Crippen molar-refractivity contribution < 1.29 is 9.90 Å². The zero-order valence-electron chi connectivity index (χ0n) is 24.8. The van der Waals surface area contributed by atoms with E-state index in [4.69, 9.17) is 0 Å². The summed E-state index contributed by atoms with van der Waals surface area (Å²) in [6.07, 6.45) is 15.4. The topological polar surface area (TPSA) is 40.1 Å². The maximum Gasteiger partial charge on any atom is 0.166 e. The minimum absolute atomic E-state index is 0.0614. The molecule has 0 aliphatic rings. The first-order valence-corrected chi connectivity index (χ1v) is 16.5. The Balaban J connectivity index is 0.000000976. The fourth-order valence-electron chi connectivity index (χ4n) is 4.52. The Morgan fingerprint density at radius 1 is 0.513 bits per heavy atom. The van der Waals surface area contributed by atoms with E-state index in [-0.39, 0.29) is 17.3 Å². The maximum absolute atomic E-state index is 9.26. The number of carbonyl (C=O) groups excluding carboxylic acids is 1. The van der Waals surface area contributed by atoms with Crippen molar-refractivity contribution in [3.8, 4) is 0 Å². The van der Waals surface area contributed by atoms with Crippen LogP contribution in [0.25, 0.3) is 0 Å². The van der Waals surface area contributed by atoms with Crippen LogP contribution in [0.5, 0.6) is 0 Å². The van der Waals surface area contributed by atoms with E-state index in [1.54, 1.807) is 0 Å². The van der Waals surface area contributed by atoms with Gasteiger partial charge in [-0.25, -0.2) is 0 Å². The number of hydrogen-bond donors (Lipinski definition) is 0. The molecule has 3 aromatic rings. The van der Waals surface area contributed by atoms with Gasteiger partial charge in [-0.15, -0.1) is 0 Å². The molecule has 0 radical (unpaired) electrons. The van der Waals surface area contributed by atoms with Crippen LogP contribution in [0.1, 0.15) is 109 Å². The van der Waals surface area contributed by atoms with Crippen LogP contribution in [0.15, 0.2) is 87.5 Å². The standard InChI is InChI=1S/C33H45S.C3H6O2/c1-4-7-10-13-28-16-22-31(23-17-28)34(32-24-18-29(19-25-32)14-11-8-5-2)33-26-20-30(21-27-33)15-12-9-6-3;1-2-3(4)5/h16-27H,4-15H2,1-3H3;2H2,1H3,(H,4,5)/q+1;/p-1. The third-order valence-electron chi connectivity index (χ3n) is 6.97. The van der Waals surface area contributed by atoms with Crippen LogP contribution in [0, 0.1) is 0 Å². The van der Waals surface area contributed by atoms with E-state index in [1.165, 1.54) is 115 Å². The smallest absolute Gasteiger partial charge is 0.166 e. The molecule has 0 unspecified atom stereocenters. The highest BCUT2D eigenvalue weighted by Crippen LogP contribution is 2.32. The van der Waals surface area contributed by atoms with Crippen molar-refractivity contribution in [1.29, 1.82) is 0 Å². The molecule has 0 aliphatic carbocycles. The molecule has 0 atom stereocenters. The fourth-order valence-corrected chi connectivity index (χ4v) is 6.56. The molecule has 0 amide bonds. The molecule has 3 rings (SSSR count). The lowest BCUT2D eigenvalue weighted by molar-refractivity contribution is -0.305. The van der Waals surface area contributed by atoms with Gasteiger partial charge in [-0.3, -0.25) is 0 Å². The Morgan fingerprint density at radius 3 is 0.974 bits per heavy atom. The van der Waals surface area contributed by atoms with Gasteiger partial charge in [0.1, 0.15) is 0 Å². The van der Waals surface area contributed by atoms with E-state index in [0.717, 1.165) is 0 Å². The van der Waals surface area contributed by atoms with Gasteiger partial charge < -0.3 is 9.90 Å². The second-order valence-corrected chi connectivity index (χ2v) is 12.4. The first-order valence-electron chi connectivity index (χ1n) is 15.2. The quantitative estimate of drug-likeness (QED) is 0.133. The van der Waals surface area contributed by atoms with Crippen molar-refractivity contribution in [3.05, 3.63) is 89.5 Å². The predicted octanol–water partition coefficient (Wildman–Crippen LogP) is 9.13. The van der Waals surface area contributed by atoms with Crippen LogP contribution >= 0.6 is 0 Å². The van der Waals surface area contributed by atoms with Crippen LogP contribution < -0.4 is 5.11 Å². The highest BCUT2D eigenvalue weighted by Gasteiger charge is 2.28. The molecule has 0 heterocycles. The van der Waals surface area contributed by atoms with Crippen molar-refractivity contribution in [2.24, 2.45) is 0 Å². The average Bonchev–Trinajstić information content (AvgIpc) is 2.96. The number of aryl methyl sites for hydroxylation is 3. The molecule has 0 bridgehead atoms. The van der Waals surface area contributed by atoms with Crippen LogP contribution in [-0.2, 0) is 35.0 Å². The number of unbranched alkanes of at least 4 members (excludes halogenated alkanes) is 6. The minimum atomic E-state index is -0.995. The SMILES string of the molecule is CCC(=O)[O-].CCCCCc1ccc([S+](c2ccc(CCCCC)cc2)c2ccc(CCCCC)cc2)cc1. The summed E-state index contributed by atoms with van der Waals surface area (Å²) in [6.45, 7) is 8.37. The molecule has 0 saturated heterocycles. The van der Waals surface area contributed by atoms with Gasteiger partial charge >= 0.3 is 0 Å². The summed E-state index contributed by atoms with van der Waals surface area (Å²) < 4.78 is 0. The third-order valence-corrected chi connectivity index (χ3v) is 9.20. The predicted molar refractivity (Wildman–Crippen MR) is 166 cm³/mol. The molecule has 0 fully saturated rings. The van der Waals surface area contributed by atoms with Crippen LogP contribution in [-0.4, -0.2) is 5.97 Å². The summed E-state index contributed by atoms with van der Waals surface area (Å²) in [7, 11) is -0.0614. The van der Waals surface area contributed by atoms with Crippen LogP contribution in [0.3, 0.4) is 0 Å². The second-order valence-electron chi connectivity index (χ2n) is 10.3. The number of carboxylic acid groups (broad SMARTS) is 1.